The van der Waals surface area contributed by atoms with Crippen LogP contribution in [0, 0.1) is 5.82 Å². The largest absolute Gasteiger partial charge is 0.280 e. The van der Waals surface area contributed by atoms with Gasteiger partial charge in [0.2, 0.25) is 0 Å². The number of anilines is 1. The van der Waals surface area contributed by atoms with Gasteiger partial charge in [0.15, 0.2) is 5.82 Å². The molecule has 1 fully saturated rings. The molecule has 0 spiro atoms. The second-order valence-corrected chi connectivity index (χ2v) is 7.45. The van der Waals surface area contributed by atoms with E-state index in [1.165, 1.54) is 18.2 Å². The quantitative estimate of drug-likeness (QED) is 0.756. The number of rotatable bonds is 5. The van der Waals surface area contributed by atoms with Crippen molar-refractivity contribution in [1.29, 1.82) is 0 Å². The van der Waals surface area contributed by atoms with Gasteiger partial charge < -0.3 is 0 Å². The Hall–Kier alpha value is -2.81. The maximum absolute atomic E-state index is 13.8. The van der Waals surface area contributed by atoms with E-state index >= 15 is 0 Å². The van der Waals surface area contributed by atoms with Crippen molar-refractivity contribution in [2.75, 3.05) is 4.72 Å². The third-order valence-electron chi connectivity index (χ3n) is 3.88. The molecule has 1 N–H and O–H groups in total. The summed E-state index contributed by atoms with van der Waals surface area (Å²) >= 11 is 0. The normalized spacial score (nSPS) is 14.4. The van der Waals surface area contributed by atoms with Crippen molar-refractivity contribution in [3.05, 3.63) is 54.3 Å². The number of nitrogens with one attached hydrogen (secondary N) is 1. The number of hydrogen-bond acceptors (Lipinski definition) is 5. The maximum atomic E-state index is 13.8. The summed E-state index contributed by atoms with van der Waals surface area (Å²) in [6, 6.07) is 12.2. The monoisotopic (exact) mass is 359 g/mol. The first kappa shape index (κ1) is 15.7. The van der Waals surface area contributed by atoms with Gasteiger partial charge >= 0.3 is 0 Å². The predicted octanol–water partition coefficient (Wildman–Crippen LogP) is 2.61. The molecule has 1 saturated carbocycles. The van der Waals surface area contributed by atoms with E-state index in [4.69, 9.17) is 0 Å². The average Bonchev–Trinajstić information content (AvgIpc) is 3.31. The first-order chi connectivity index (χ1) is 12.0. The number of aromatic nitrogens is 4. The van der Waals surface area contributed by atoms with Crippen molar-refractivity contribution in [2.45, 2.75) is 23.8 Å². The number of benzene rings is 2. The first-order valence-corrected chi connectivity index (χ1v) is 9.18. The molecular formula is C16H14FN5O2S. The highest BCUT2D eigenvalue weighted by Crippen LogP contribution is 2.36. The zero-order valence-electron chi connectivity index (χ0n) is 13.0. The van der Waals surface area contributed by atoms with Gasteiger partial charge in [-0.05, 0) is 47.5 Å². The fourth-order valence-electron chi connectivity index (χ4n) is 2.54. The molecule has 0 amide bonds. The first-order valence-electron chi connectivity index (χ1n) is 7.70. The Bertz CT molecular complexity index is 1030. The number of tetrazole rings is 1. The van der Waals surface area contributed by atoms with Crippen molar-refractivity contribution < 1.29 is 12.8 Å². The van der Waals surface area contributed by atoms with Crippen molar-refractivity contribution in [1.82, 2.24) is 20.2 Å². The molecule has 1 aliphatic carbocycles. The highest BCUT2D eigenvalue weighted by atomic mass is 32.2. The molecule has 0 saturated heterocycles. The Morgan fingerprint density at radius 2 is 1.92 bits per heavy atom. The van der Waals surface area contributed by atoms with E-state index in [0.29, 0.717) is 23.1 Å². The molecule has 0 unspecified atom stereocenters. The number of hydrogen-bond donors (Lipinski definition) is 1. The minimum absolute atomic E-state index is 0.295. The van der Waals surface area contributed by atoms with Crippen LogP contribution >= 0.6 is 0 Å². The number of halogens is 1. The van der Waals surface area contributed by atoms with Gasteiger partial charge in [0.25, 0.3) is 10.0 Å². The van der Waals surface area contributed by atoms with Crippen LogP contribution in [0.5, 0.6) is 0 Å². The van der Waals surface area contributed by atoms with Gasteiger partial charge in [0, 0.05) is 11.3 Å². The summed E-state index contributed by atoms with van der Waals surface area (Å²) < 4.78 is 42.7. The lowest BCUT2D eigenvalue weighted by atomic mass is 10.2. The molecule has 2 aromatic carbocycles. The molecule has 4 rings (SSSR count). The van der Waals surface area contributed by atoms with Crippen LogP contribution in [0.4, 0.5) is 10.1 Å². The standard InChI is InChI=1S/C16H14FN5O2S/c17-14-6-1-2-7-15(14)25(23,24)19-12-5-3-4-11(10-12)16-18-20-21-22(16)13-8-9-13/h1-7,10,13,19H,8-9H2. The van der Waals surface area contributed by atoms with Gasteiger partial charge in [-0.2, -0.15) is 0 Å². The SMILES string of the molecule is O=S(=O)(Nc1cccc(-c2nnnn2C2CC2)c1)c1ccccc1F. The molecule has 9 heteroatoms. The van der Waals surface area contributed by atoms with Crippen molar-refractivity contribution >= 4 is 15.7 Å². The van der Waals surface area contributed by atoms with E-state index in [9.17, 15) is 12.8 Å². The van der Waals surface area contributed by atoms with Crippen LogP contribution in [0.1, 0.15) is 18.9 Å². The van der Waals surface area contributed by atoms with Crippen molar-refractivity contribution in [3.63, 3.8) is 0 Å². The van der Waals surface area contributed by atoms with Crippen molar-refractivity contribution in [3.8, 4) is 11.4 Å². The second kappa shape index (κ2) is 5.92. The number of nitrogens with zero attached hydrogens (tertiary/aromatic N) is 4. The fraction of sp³-hybridized carbons (Fsp3) is 0.188. The molecule has 25 heavy (non-hydrogen) atoms. The zero-order chi connectivity index (χ0) is 17.4. The van der Waals surface area contributed by atoms with Crippen LogP contribution in [-0.4, -0.2) is 28.6 Å². The minimum Gasteiger partial charge on any atom is -0.280 e. The Kier molecular flexibility index (Phi) is 3.72. The van der Waals surface area contributed by atoms with Crippen molar-refractivity contribution in [2.24, 2.45) is 0 Å². The Labute approximate surface area is 143 Å². The summed E-state index contributed by atoms with van der Waals surface area (Å²) in [5, 5.41) is 11.7. The topological polar surface area (TPSA) is 89.8 Å². The van der Waals surface area contributed by atoms with E-state index in [-0.39, 0.29) is 0 Å². The summed E-state index contributed by atoms with van der Waals surface area (Å²) in [4.78, 5) is -0.400. The van der Waals surface area contributed by atoms with E-state index < -0.39 is 20.7 Å². The minimum atomic E-state index is -4.03. The third-order valence-corrected chi connectivity index (χ3v) is 5.30. The molecule has 7 nitrogen and oxygen atoms in total. The lowest BCUT2D eigenvalue weighted by molar-refractivity contribution is 0.570. The van der Waals surface area contributed by atoms with Gasteiger partial charge in [0.1, 0.15) is 10.7 Å². The molecule has 0 radical (unpaired) electrons. The van der Waals surface area contributed by atoms with E-state index in [1.807, 2.05) is 0 Å². The molecular weight excluding hydrogens is 345 g/mol. The summed E-state index contributed by atoms with van der Waals surface area (Å²) in [6.07, 6.45) is 2.05. The van der Waals surface area contributed by atoms with Gasteiger partial charge in [-0.3, -0.25) is 4.72 Å². The zero-order valence-corrected chi connectivity index (χ0v) is 13.8. The summed E-state index contributed by atoms with van der Waals surface area (Å²) in [6.45, 7) is 0. The molecule has 0 atom stereocenters. The highest BCUT2D eigenvalue weighted by molar-refractivity contribution is 7.92. The molecule has 0 bridgehead atoms. The highest BCUT2D eigenvalue weighted by Gasteiger charge is 2.28. The smallest absolute Gasteiger partial charge is 0.264 e. The summed E-state index contributed by atoms with van der Waals surface area (Å²) in [7, 11) is -4.03. The van der Waals surface area contributed by atoms with Gasteiger partial charge in [-0.1, -0.05) is 24.3 Å². The van der Waals surface area contributed by atoms with E-state index in [2.05, 4.69) is 20.2 Å². The Balaban J connectivity index is 1.66. The van der Waals surface area contributed by atoms with Gasteiger partial charge in [-0.15, -0.1) is 5.10 Å². The fourth-order valence-corrected chi connectivity index (χ4v) is 3.67. The summed E-state index contributed by atoms with van der Waals surface area (Å²) in [5.41, 5.74) is 0.997. The third kappa shape index (κ3) is 3.10. The van der Waals surface area contributed by atoms with E-state index in [0.717, 1.165) is 18.9 Å². The van der Waals surface area contributed by atoms with Crippen LogP contribution in [0.15, 0.2) is 53.4 Å². The van der Waals surface area contributed by atoms with Crippen LogP contribution in [0.2, 0.25) is 0 Å². The maximum Gasteiger partial charge on any atom is 0.264 e. The predicted molar refractivity (Wildman–Crippen MR) is 88.7 cm³/mol. The molecule has 1 aromatic heterocycles. The van der Waals surface area contributed by atoms with Crippen LogP contribution in [-0.2, 0) is 10.0 Å². The molecule has 1 heterocycles. The molecule has 3 aromatic rings. The second-order valence-electron chi connectivity index (χ2n) is 5.79. The van der Waals surface area contributed by atoms with E-state index in [1.54, 1.807) is 28.9 Å². The van der Waals surface area contributed by atoms with Crippen LogP contribution in [0.3, 0.4) is 0 Å². The molecule has 1 aliphatic rings. The van der Waals surface area contributed by atoms with Crippen LogP contribution < -0.4 is 4.72 Å². The Morgan fingerprint density at radius 3 is 2.68 bits per heavy atom. The van der Waals surface area contributed by atoms with Gasteiger partial charge in [-0.25, -0.2) is 17.5 Å². The molecule has 0 aliphatic heterocycles. The lowest BCUT2D eigenvalue weighted by Gasteiger charge is -2.10. The van der Waals surface area contributed by atoms with Gasteiger partial charge in [0.05, 0.1) is 6.04 Å². The van der Waals surface area contributed by atoms with Crippen LogP contribution in [0.25, 0.3) is 11.4 Å². The molecule has 128 valence electrons. The Morgan fingerprint density at radius 1 is 1.12 bits per heavy atom. The lowest BCUT2D eigenvalue weighted by Crippen LogP contribution is -2.14. The average molecular weight is 359 g/mol. The summed E-state index contributed by atoms with van der Waals surface area (Å²) in [5.74, 6) is -0.224. The number of sulfonamides is 1.